The summed E-state index contributed by atoms with van der Waals surface area (Å²) < 4.78 is 0. The van der Waals surface area contributed by atoms with Crippen molar-refractivity contribution in [3.63, 3.8) is 0 Å². The van der Waals surface area contributed by atoms with Crippen LogP contribution in [-0.4, -0.2) is 62.2 Å². The maximum Gasteiger partial charge on any atom is 0.0791 e. The first-order chi connectivity index (χ1) is 8.11. The first-order valence-corrected chi connectivity index (χ1v) is 5.44. The van der Waals surface area contributed by atoms with Crippen molar-refractivity contribution in [2.75, 3.05) is 0 Å². The molecular weight excluding hydrogens is 281 g/mol. The average Bonchev–Trinajstić information content (AvgIpc) is 2.87. The predicted molar refractivity (Wildman–Crippen MR) is 73.2 cm³/mol. The number of hydrogen-bond donors (Lipinski definition) is 2. The third kappa shape index (κ3) is 7.70. The first kappa shape index (κ1) is 20.1. The Labute approximate surface area is 135 Å². The van der Waals surface area contributed by atoms with E-state index in [4.69, 9.17) is 10.2 Å². The second-order valence-electron chi connectivity index (χ2n) is 2.87. The van der Waals surface area contributed by atoms with Crippen LogP contribution in [0.15, 0.2) is 41.4 Å². The van der Waals surface area contributed by atoms with Gasteiger partial charge in [-0.1, -0.05) is 6.07 Å². The van der Waals surface area contributed by atoms with Crippen molar-refractivity contribution in [1.82, 2.24) is 4.98 Å². The average molecular weight is 293 g/mol. The van der Waals surface area contributed by atoms with Crippen LogP contribution in [0.1, 0.15) is 20.7 Å². The molecule has 0 fully saturated rings. The molecule has 0 saturated heterocycles. The van der Waals surface area contributed by atoms with Crippen molar-refractivity contribution in [2.45, 2.75) is 0 Å². The Bertz CT molecular complexity index is 457. The van der Waals surface area contributed by atoms with E-state index in [0.29, 0.717) is 0 Å². The molecule has 0 aliphatic carbocycles. The first-order valence-electron chi connectivity index (χ1n) is 4.50. The molecule has 19 heavy (non-hydrogen) atoms. The van der Waals surface area contributed by atoms with Crippen LogP contribution < -0.4 is 0 Å². The molecule has 6 nitrogen and oxygen atoms in total. The molecule has 4 N–H and O–H groups in total. The van der Waals surface area contributed by atoms with E-state index >= 15 is 0 Å². The third-order valence-corrected chi connectivity index (χ3v) is 2.23. The van der Waals surface area contributed by atoms with Gasteiger partial charge in [0.2, 0.25) is 0 Å². The van der Waals surface area contributed by atoms with E-state index in [2.05, 4.69) is 4.98 Å². The van der Waals surface area contributed by atoms with Gasteiger partial charge in [0.15, 0.2) is 0 Å². The fourth-order valence-electron chi connectivity index (χ4n) is 0.961. The largest absolute Gasteiger partial charge is 0.253 e. The smallest absolute Gasteiger partial charge is 0.0791 e. The standard InChI is InChI=1S/C8H6O4.C3H3NS.Na.H2O.H/c9-7(10)5-2-1-3-6(4-5)8(11)12;1-2-5-3-4-1;;;/h1-4H,(H,9,10)(H,11,12);1-3H;;1H2;. The number of nitrogens with zero attached hydrogens (tertiary/aromatic N) is 1. The van der Waals surface area contributed by atoms with E-state index in [0.717, 1.165) is 6.07 Å². The van der Waals surface area contributed by atoms with Gasteiger partial charge >= 0.3 is 41.5 Å². The molecule has 1 aromatic heterocycles. The molecule has 0 aliphatic rings. The zero-order valence-corrected chi connectivity index (χ0v) is 9.92. The van der Waals surface area contributed by atoms with Gasteiger partial charge in [0.25, 0.3) is 0 Å². The van der Waals surface area contributed by atoms with Gasteiger partial charge in [-0.2, -0.15) is 0 Å². The molecule has 1 aromatic carbocycles. The van der Waals surface area contributed by atoms with Crippen molar-refractivity contribution in [2.24, 2.45) is 0 Å². The minimum absolute atomic E-state index is 0. The molecule has 0 atom stereocenters. The van der Waals surface area contributed by atoms with Crippen LogP contribution in [0.25, 0.3) is 0 Å². The van der Waals surface area contributed by atoms with Crippen molar-refractivity contribution in [3.05, 3.63) is 52.5 Å². The molecule has 0 saturated carbocycles. The normalized spacial score (nSPS) is 8.00. The molecule has 1 heterocycles. The molecule has 0 aliphatic heterocycles. The summed E-state index contributed by atoms with van der Waals surface area (Å²) in [6.45, 7) is 0. The van der Waals surface area contributed by atoms with E-state index in [1.807, 2.05) is 5.38 Å². The minimum atomic E-state index is -1.13. The Morgan fingerprint density at radius 1 is 1.11 bits per heavy atom. The molecule has 0 spiro atoms. The third-order valence-electron chi connectivity index (χ3n) is 1.70. The van der Waals surface area contributed by atoms with Gasteiger partial charge in [-0.15, -0.1) is 11.3 Å². The fraction of sp³-hybridized carbons (Fsp3) is 0. The zero-order chi connectivity index (χ0) is 12.7. The van der Waals surface area contributed by atoms with Crippen molar-refractivity contribution in [1.29, 1.82) is 0 Å². The second kappa shape index (κ2) is 10.7. The Morgan fingerprint density at radius 3 is 1.89 bits per heavy atom. The topological polar surface area (TPSA) is 119 Å². The Morgan fingerprint density at radius 2 is 1.63 bits per heavy atom. The van der Waals surface area contributed by atoms with Gasteiger partial charge in [-0.05, 0) is 18.2 Å². The quantitative estimate of drug-likeness (QED) is 0.792. The maximum atomic E-state index is 10.4. The number of hydrogen-bond acceptors (Lipinski definition) is 4. The molecule has 2 rings (SSSR count). The molecule has 8 heteroatoms. The van der Waals surface area contributed by atoms with E-state index in [1.165, 1.54) is 18.2 Å². The van der Waals surface area contributed by atoms with Gasteiger partial charge in [-0.25, -0.2) is 9.59 Å². The van der Waals surface area contributed by atoms with Crippen molar-refractivity contribution >= 4 is 52.8 Å². The zero-order valence-electron chi connectivity index (χ0n) is 9.11. The number of aromatic carboxylic acids is 2. The number of carbonyl (C=O) groups is 2. The van der Waals surface area contributed by atoms with Crippen LogP contribution in [0.2, 0.25) is 0 Å². The summed E-state index contributed by atoms with van der Waals surface area (Å²) >= 11 is 1.60. The summed E-state index contributed by atoms with van der Waals surface area (Å²) in [4.78, 5) is 24.5. The van der Waals surface area contributed by atoms with Gasteiger partial charge in [-0.3, -0.25) is 4.98 Å². The second-order valence-corrected chi connectivity index (χ2v) is 3.62. The summed E-state index contributed by atoms with van der Waals surface area (Å²) in [5, 5.41) is 18.9. The molecule has 0 bridgehead atoms. The minimum Gasteiger partial charge on any atom is -0.253 e. The Balaban J connectivity index is 0. The molecule has 0 unspecified atom stereocenters. The number of rotatable bonds is 2. The summed E-state index contributed by atoms with van der Waals surface area (Å²) in [6.07, 6.45) is 1.77. The number of carboxylic acid groups (broad SMARTS) is 2. The monoisotopic (exact) mass is 293 g/mol. The van der Waals surface area contributed by atoms with E-state index in [-0.39, 0.29) is 46.2 Å². The molecule has 0 radical (unpaired) electrons. The molecule has 0 amide bonds. The summed E-state index contributed by atoms with van der Waals surface area (Å²) in [7, 11) is 0. The number of aromatic nitrogens is 1. The van der Waals surface area contributed by atoms with Crippen LogP contribution >= 0.6 is 11.3 Å². The summed E-state index contributed by atoms with van der Waals surface area (Å²) in [6, 6.07) is 5.20. The fourth-order valence-corrected chi connectivity index (χ4v) is 1.31. The van der Waals surface area contributed by atoms with Crippen LogP contribution in [-0.2, 0) is 0 Å². The van der Waals surface area contributed by atoms with Gasteiger partial charge in [0, 0.05) is 11.6 Å². The number of benzene rings is 1. The van der Waals surface area contributed by atoms with E-state index < -0.39 is 11.9 Å². The van der Waals surface area contributed by atoms with E-state index in [1.54, 1.807) is 23.0 Å². The molecule has 2 aromatic rings. The number of thiazole rings is 1. The Kier molecular flexibility index (Phi) is 11.3. The summed E-state index contributed by atoms with van der Waals surface area (Å²) in [5.41, 5.74) is 1.75. The van der Waals surface area contributed by atoms with Crippen molar-refractivity contribution < 1.29 is 25.3 Å². The van der Waals surface area contributed by atoms with Gasteiger partial charge in [0.1, 0.15) is 0 Å². The molecular formula is C11H12NNaO5S. The van der Waals surface area contributed by atoms with Gasteiger partial charge in [0.05, 0.1) is 16.6 Å². The molecule has 98 valence electrons. The number of carboxylic acids is 2. The van der Waals surface area contributed by atoms with Crippen molar-refractivity contribution in [3.8, 4) is 0 Å². The van der Waals surface area contributed by atoms with Crippen LogP contribution in [0.3, 0.4) is 0 Å². The van der Waals surface area contributed by atoms with Crippen LogP contribution in [0, 0.1) is 0 Å². The van der Waals surface area contributed by atoms with Gasteiger partial charge < -0.3 is 15.7 Å². The Hall–Kier alpha value is -1.25. The van der Waals surface area contributed by atoms with E-state index in [9.17, 15) is 9.59 Å². The predicted octanol–water partition coefficient (Wildman–Crippen LogP) is 0.753. The van der Waals surface area contributed by atoms with Crippen LogP contribution in [0.4, 0.5) is 0 Å². The SMILES string of the molecule is O.O=C(O)c1cccc(C(=O)O)c1.[NaH].c1cscn1. The van der Waals surface area contributed by atoms with Crippen LogP contribution in [0.5, 0.6) is 0 Å². The summed E-state index contributed by atoms with van der Waals surface area (Å²) in [5.74, 6) is -2.25. The maximum absolute atomic E-state index is 10.4.